The number of aromatic amines is 1. The van der Waals surface area contributed by atoms with E-state index in [1.165, 1.54) is 0 Å². The van der Waals surface area contributed by atoms with Crippen molar-refractivity contribution in [1.82, 2.24) is 4.98 Å². The van der Waals surface area contributed by atoms with Gasteiger partial charge in [-0.2, -0.15) is 0 Å². The molecule has 2 N–H and O–H groups in total. The fraction of sp³-hybridized carbons (Fsp3) is 0.375. The largest absolute Gasteiger partial charge is 0.326 e. The molecule has 0 bridgehead atoms. The fourth-order valence-electron chi connectivity index (χ4n) is 2.13. The molecule has 1 aromatic heterocycles. The maximum atomic E-state index is 11.7. The lowest BCUT2D eigenvalue weighted by atomic mass is 9.99. The van der Waals surface area contributed by atoms with E-state index in [2.05, 4.69) is 24.1 Å². The Kier molecular flexibility index (Phi) is 3.93. The van der Waals surface area contributed by atoms with Crippen LogP contribution >= 0.6 is 0 Å². The molecule has 0 aliphatic heterocycles. The number of rotatable bonds is 3. The number of aromatic nitrogens is 1. The summed E-state index contributed by atoms with van der Waals surface area (Å²) in [6.45, 7) is 7.80. The first kappa shape index (κ1) is 14.3. The smallest absolute Gasteiger partial charge is 0.248 e. The van der Waals surface area contributed by atoms with Crippen LogP contribution in [0.15, 0.2) is 29.1 Å². The highest BCUT2D eigenvalue weighted by Gasteiger charge is 2.10. The van der Waals surface area contributed by atoms with Crippen molar-refractivity contribution in [2.75, 3.05) is 5.32 Å². The monoisotopic (exact) mass is 272 g/mol. The molecule has 0 aliphatic rings. The molecule has 1 heterocycles. The summed E-state index contributed by atoms with van der Waals surface area (Å²) < 4.78 is 0. The number of H-pyrrole nitrogens is 1. The Labute approximate surface area is 118 Å². The van der Waals surface area contributed by atoms with Crippen LogP contribution in [0.1, 0.15) is 39.2 Å². The normalized spacial score (nSPS) is 11.3. The van der Waals surface area contributed by atoms with Crippen LogP contribution < -0.4 is 10.9 Å². The first-order valence-electron chi connectivity index (χ1n) is 6.86. The molecule has 0 unspecified atom stereocenters. The second-order valence-electron chi connectivity index (χ2n) is 5.65. The van der Waals surface area contributed by atoms with Crippen LogP contribution in [0.2, 0.25) is 0 Å². The Bertz CT molecular complexity index is 699. The second kappa shape index (κ2) is 5.49. The van der Waals surface area contributed by atoms with Gasteiger partial charge in [0.25, 0.3) is 0 Å². The number of pyridine rings is 1. The number of fused-ring (bicyclic) bond motifs is 1. The van der Waals surface area contributed by atoms with Crippen LogP contribution in [-0.2, 0) is 4.79 Å². The number of benzene rings is 1. The Hall–Kier alpha value is -2.10. The van der Waals surface area contributed by atoms with E-state index in [9.17, 15) is 9.59 Å². The predicted octanol–water partition coefficient (Wildman–Crippen LogP) is 3.25. The summed E-state index contributed by atoms with van der Waals surface area (Å²) in [6, 6.07) is 7.26. The van der Waals surface area contributed by atoms with E-state index in [-0.39, 0.29) is 23.3 Å². The molecule has 106 valence electrons. The fourth-order valence-corrected chi connectivity index (χ4v) is 2.13. The minimum Gasteiger partial charge on any atom is -0.326 e. The number of amides is 1. The Morgan fingerprint density at radius 1 is 1.15 bits per heavy atom. The summed E-state index contributed by atoms with van der Waals surface area (Å²) in [5, 5.41) is 3.86. The van der Waals surface area contributed by atoms with E-state index in [1.807, 2.05) is 32.0 Å². The molecular weight excluding hydrogens is 252 g/mol. The molecule has 4 nitrogen and oxygen atoms in total. The van der Waals surface area contributed by atoms with Crippen molar-refractivity contribution in [3.63, 3.8) is 0 Å². The standard InChI is InChI=1S/C16H20N2O2/c1-9(2)13-8-15(19)18-14-7-11(5-6-12(13)14)17-16(20)10(3)4/h5-10H,1-4H3,(H,17,20)(H,18,19). The van der Waals surface area contributed by atoms with Gasteiger partial charge in [0.2, 0.25) is 11.5 Å². The molecule has 1 aromatic carbocycles. The van der Waals surface area contributed by atoms with Crippen LogP contribution in [0.5, 0.6) is 0 Å². The summed E-state index contributed by atoms with van der Waals surface area (Å²) in [7, 11) is 0. The van der Waals surface area contributed by atoms with Gasteiger partial charge in [-0.05, 0) is 23.6 Å². The minimum absolute atomic E-state index is 0.0355. The van der Waals surface area contributed by atoms with E-state index in [0.717, 1.165) is 16.5 Å². The molecule has 2 aromatic rings. The molecule has 4 heteroatoms. The maximum absolute atomic E-state index is 11.7. The topological polar surface area (TPSA) is 62.0 Å². The average molecular weight is 272 g/mol. The highest BCUT2D eigenvalue weighted by Crippen LogP contribution is 2.25. The maximum Gasteiger partial charge on any atom is 0.248 e. The average Bonchev–Trinajstić information content (AvgIpc) is 2.36. The van der Waals surface area contributed by atoms with Crippen LogP contribution in [0.4, 0.5) is 5.69 Å². The SMILES string of the molecule is CC(C)C(=O)Nc1ccc2c(C(C)C)cc(=O)[nH]c2c1. The van der Waals surface area contributed by atoms with E-state index in [0.29, 0.717) is 5.69 Å². The van der Waals surface area contributed by atoms with Crippen LogP contribution in [0.3, 0.4) is 0 Å². The summed E-state index contributed by atoms with van der Waals surface area (Å²) in [5.74, 6) is 0.161. The lowest BCUT2D eigenvalue weighted by Gasteiger charge is -2.12. The van der Waals surface area contributed by atoms with Crippen molar-refractivity contribution in [2.45, 2.75) is 33.6 Å². The van der Waals surface area contributed by atoms with E-state index in [4.69, 9.17) is 0 Å². The number of anilines is 1. The van der Waals surface area contributed by atoms with Crippen molar-refractivity contribution in [1.29, 1.82) is 0 Å². The zero-order valence-electron chi connectivity index (χ0n) is 12.3. The molecule has 20 heavy (non-hydrogen) atoms. The molecule has 0 saturated heterocycles. The van der Waals surface area contributed by atoms with Crippen molar-refractivity contribution in [3.05, 3.63) is 40.2 Å². The Morgan fingerprint density at radius 3 is 2.45 bits per heavy atom. The molecule has 1 amide bonds. The number of hydrogen-bond acceptors (Lipinski definition) is 2. The highest BCUT2D eigenvalue weighted by molar-refractivity contribution is 5.95. The molecule has 0 aliphatic carbocycles. The molecule has 0 saturated carbocycles. The second-order valence-corrected chi connectivity index (χ2v) is 5.65. The number of carbonyl (C=O) groups excluding carboxylic acids is 1. The third-order valence-corrected chi connectivity index (χ3v) is 3.29. The van der Waals surface area contributed by atoms with Crippen LogP contribution in [0, 0.1) is 5.92 Å². The van der Waals surface area contributed by atoms with Gasteiger partial charge >= 0.3 is 0 Å². The van der Waals surface area contributed by atoms with Crippen molar-refractivity contribution in [3.8, 4) is 0 Å². The van der Waals surface area contributed by atoms with Gasteiger partial charge in [0.1, 0.15) is 0 Å². The number of carbonyl (C=O) groups is 1. The van der Waals surface area contributed by atoms with Gasteiger partial charge in [-0.3, -0.25) is 9.59 Å². The summed E-state index contributed by atoms with van der Waals surface area (Å²) in [4.78, 5) is 26.2. The number of nitrogens with one attached hydrogen (secondary N) is 2. The van der Waals surface area contributed by atoms with E-state index < -0.39 is 0 Å². The van der Waals surface area contributed by atoms with Gasteiger partial charge in [-0.15, -0.1) is 0 Å². The van der Waals surface area contributed by atoms with Gasteiger partial charge in [-0.1, -0.05) is 33.8 Å². The Morgan fingerprint density at radius 2 is 1.85 bits per heavy atom. The highest BCUT2D eigenvalue weighted by atomic mass is 16.1. The van der Waals surface area contributed by atoms with Crippen LogP contribution in [-0.4, -0.2) is 10.9 Å². The molecule has 0 spiro atoms. The summed E-state index contributed by atoms with van der Waals surface area (Å²) in [5.41, 5.74) is 2.36. The number of hydrogen-bond donors (Lipinski definition) is 2. The zero-order chi connectivity index (χ0) is 14.9. The summed E-state index contributed by atoms with van der Waals surface area (Å²) in [6.07, 6.45) is 0. The first-order chi connectivity index (χ1) is 9.38. The quantitative estimate of drug-likeness (QED) is 0.901. The van der Waals surface area contributed by atoms with Gasteiger partial charge in [0.15, 0.2) is 0 Å². The third kappa shape index (κ3) is 2.90. The zero-order valence-corrected chi connectivity index (χ0v) is 12.3. The molecule has 0 atom stereocenters. The van der Waals surface area contributed by atoms with Crippen molar-refractivity contribution < 1.29 is 4.79 Å². The van der Waals surface area contributed by atoms with E-state index >= 15 is 0 Å². The molecule has 0 fully saturated rings. The predicted molar refractivity (Wildman–Crippen MR) is 82.1 cm³/mol. The van der Waals surface area contributed by atoms with Crippen molar-refractivity contribution >= 4 is 22.5 Å². The molecule has 0 radical (unpaired) electrons. The van der Waals surface area contributed by atoms with Gasteiger partial charge in [-0.25, -0.2) is 0 Å². The van der Waals surface area contributed by atoms with Crippen LogP contribution in [0.25, 0.3) is 10.9 Å². The lowest BCUT2D eigenvalue weighted by Crippen LogP contribution is -2.17. The first-order valence-corrected chi connectivity index (χ1v) is 6.86. The molecular formula is C16H20N2O2. The third-order valence-electron chi connectivity index (χ3n) is 3.29. The van der Waals surface area contributed by atoms with E-state index in [1.54, 1.807) is 6.07 Å². The van der Waals surface area contributed by atoms with Gasteiger partial charge in [0.05, 0.1) is 5.52 Å². The lowest BCUT2D eigenvalue weighted by molar-refractivity contribution is -0.118. The molecule has 2 rings (SSSR count). The van der Waals surface area contributed by atoms with Gasteiger partial charge in [0, 0.05) is 23.1 Å². The Balaban J connectivity index is 2.49. The minimum atomic E-state index is -0.117. The van der Waals surface area contributed by atoms with Crippen molar-refractivity contribution in [2.24, 2.45) is 5.92 Å². The summed E-state index contributed by atoms with van der Waals surface area (Å²) >= 11 is 0. The van der Waals surface area contributed by atoms with Gasteiger partial charge < -0.3 is 10.3 Å².